The lowest BCUT2D eigenvalue weighted by Gasteiger charge is -2.03. The summed E-state index contributed by atoms with van der Waals surface area (Å²) in [4.78, 5) is 11.0. The molecule has 4 nitrogen and oxygen atoms in total. The molecular formula is C8H8Cl2N4. The van der Waals surface area contributed by atoms with Crippen LogP contribution in [0.5, 0.6) is 0 Å². The fourth-order valence-electron chi connectivity index (χ4n) is 1.26. The number of aromatic amines is 1. The number of nitrogens with zero attached hydrogens (tertiary/aromatic N) is 2. The molecule has 14 heavy (non-hydrogen) atoms. The number of nitrogens with one attached hydrogen (secondary N) is 2. The molecule has 2 N–H and O–H groups in total. The van der Waals surface area contributed by atoms with Gasteiger partial charge in [0.2, 0.25) is 5.28 Å². The summed E-state index contributed by atoms with van der Waals surface area (Å²) in [6.07, 6.45) is 1.66. The Balaban J connectivity index is 2.70. The highest BCUT2D eigenvalue weighted by Crippen LogP contribution is 2.28. The van der Waals surface area contributed by atoms with Crippen LogP contribution in [0.25, 0.3) is 11.0 Å². The van der Waals surface area contributed by atoms with Gasteiger partial charge in [0.15, 0.2) is 0 Å². The highest BCUT2D eigenvalue weighted by atomic mass is 35.5. The molecule has 0 aromatic carbocycles. The molecule has 0 atom stereocenters. The zero-order valence-electron chi connectivity index (χ0n) is 7.43. The fourth-order valence-corrected chi connectivity index (χ4v) is 1.67. The molecule has 2 rings (SSSR count). The highest BCUT2D eigenvalue weighted by Gasteiger charge is 2.10. The predicted molar refractivity (Wildman–Crippen MR) is 58.1 cm³/mol. The summed E-state index contributed by atoms with van der Waals surface area (Å²) in [5.41, 5.74) is 0.644. The molecule has 0 spiro atoms. The van der Waals surface area contributed by atoms with Crippen LogP contribution in [0.3, 0.4) is 0 Å². The van der Waals surface area contributed by atoms with E-state index in [1.807, 2.05) is 6.92 Å². The van der Waals surface area contributed by atoms with Crippen LogP contribution in [0.4, 0.5) is 5.82 Å². The van der Waals surface area contributed by atoms with Crippen molar-refractivity contribution >= 4 is 40.1 Å². The first-order chi connectivity index (χ1) is 6.72. The van der Waals surface area contributed by atoms with Gasteiger partial charge in [-0.3, -0.25) is 0 Å². The summed E-state index contributed by atoms with van der Waals surface area (Å²) >= 11 is 11.7. The Kier molecular flexibility index (Phi) is 2.48. The van der Waals surface area contributed by atoms with Crippen LogP contribution in [0.15, 0.2) is 6.20 Å². The van der Waals surface area contributed by atoms with E-state index in [-0.39, 0.29) is 5.28 Å². The van der Waals surface area contributed by atoms with E-state index in [0.717, 1.165) is 11.9 Å². The van der Waals surface area contributed by atoms with Gasteiger partial charge in [-0.25, -0.2) is 0 Å². The second kappa shape index (κ2) is 3.63. The third-order valence-electron chi connectivity index (χ3n) is 1.80. The molecule has 0 aliphatic carbocycles. The zero-order chi connectivity index (χ0) is 10.1. The van der Waals surface area contributed by atoms with Crippen molar-refractivity contribution in [3.8, 4) is 0 Å². The van der Waals surface area contributed by atoms with Gasteiger partial charge in [0.05, 0.1) is 10.4 Å². The quantitative estimate of drug-likeness (QED) is 0.781. The van der Waals surface area contributed by atoms with Gasteiger partial charge in [-0.1, -0.05) is 11.6 Å². The van der Waals surface area contributed by atoms with E-state index >= 15 is 0 Å². The second-order valence-electron chi connectivity index (χ2n) is 2.73. The maximum absolute atomic E-state index is 5.97. The van der Waals surface area contributed by atoms with Crippen LogP contribution in [0.1, 0.15) is 6.92 Å². The third-order valence-corrected chi connectivity index (χ3v) is 2.27. The SMILES string of the molecule is CCNc1nc(Cl)nc2[nH]cc(Cl)c12. The van der Waals surface area contributed by atoms with E-state index in [0.29, 0.717) is 16.5 Å². The van der Waals surface area contributed by atoms with Crippen molar-refractivity contribution < 1.29 is 0 Å². The molecule has 0 saturated carbocycles. The van der Waals surface area contributed by atoms with Crippen molar-refractivity contribution in [2.75, 3.05) is 11.9 Å². The topological polar surface area (TPSA) is 53.6 Å². The van der Waals surface area contributed by atoms with E-state index in [2.05, 4.69) is 20.3 Å². The lowest BCUT2D eigenvalue weighted by Crippen LogP contribution is -2.00. The summed E-state index contributed by atoms with van der Waals surface area (Å²) in [6.45, 7) is 2.73. The van der Waals surface area contributed by atoms with Gasteiger partial charge in [0, 0.05) is 12.7 Å². The molecule has 0 amide bonds. The number of aromatic nitrogens is 3. The third kappa shape index (κ3) is 1.51. The van der Waals surface area contributed by atoms with Gasteiger partial charge in [-0.15, -0.1) is 0 Å². The Morgan fingerprint density at radius 2 is 2.21 bits per heavy atom. The minimum atomic E-state index is 0.201. The van der Waals surface area contributed by atoms with E-state index in [1.54, 1.807) is 6.20 Å². The normalized spacial score (nSPS) is 10.8. The summed E-state index contributed by atoms with van der Waals surface area (Å²) in [6, 6.07) is 0. The van der Waals surface area contributed by atoms with E-state index in [9.17, 15) is 0 Å². The smallest absolute Gasteiger partial charge is 0.226 e. The summed E-state index contributed by atoms with van der Waals surface area (Å²) < 4.78 is 0. The number of H-pyrrole nitrogens is 1. The number of hydrogen-bond donors (Lipinski definition) is 2. The Labute approximate surface area is 90.6 Å². The molecule has 0 unspecified atom stereocenters. The lowest BCUT2D eigenvalue weighted by atomic mass is 10.4. The van der Waals surface area contributed by atoms with Crippen molar-refractivity contribution in [1.82, 2.24) is 15.0 Å². The van der Waals surface area contributed by atoms with Gasteiger partial charge in [0.25, 0.3) is 0 Å². The molecule has 0 saturated heterocycles. The van der Waals surface area contributed by atoms with Crippen molar-refractivity contribution in [2.45, 2.75) is 6.92 Å². The molecule has 0 fully saturated rings. The van der Waals surface area contributed by atoms with Crippen molar-refractivity contribution in [3.63, 3.8) is 0 Å². The number of anilines is 1. The van der Waals surface area contributed by atoms with Gasteiger partial charge in [0.1, 0.15) is 11.5 Å². The number of hydrogen-bond acceptors (Lipinski definition) is 3. The number of halogens is 2. The molecule has 74 valence electrons. The highest BCUT2D eigenvalue weighted by molar-refractivity contribution is 6.36. The van der Waals surface area contributed by atoms with Crippen LogP contribution >= 0.6 is 23.2 Å². The Morgan fingerprint density at radius 1 is 1.43 bits per heavy atom. The molecular weight excluding hydrogens is 223 g/mol. The molecule has 6 heteroatoms. The predicted octanol–water partition coefficient (Wildman–Crippen LogP) is 2.70. The second-order valence-corrected chi connectivity index (χ2v) is 3.48. The zero-order valence-corrected chi connectivity index (χ0v) is 8.95. The standard InChI is InChI=1S/C8H8Cl2N4/c1-2-11-6-5-4(9)3-12-7(5)14-8(10)13-6/h3H,2H2,1H3,(H2,11,12,13,14). The Morgan fingerprint density at radius 3 is 2.93 bits per heavy atom. The first-order valence-electron chi connectivity index (χ1n) is 4.16. The monoisotopic (exact) mass is 230 g/mol. The van der Waals surface area contributed by atoms with E-state index in [4.69, 9.17) is 23.2 Å². The Bertz CT molecular complexity index is 466. The van der Waals surface area contributed by atoms with Crippen LogP contribution < -0.4 is 5.32 Å². The van der Waals surface area contributed by atoms with Crippen molar-refractivity contribution in [1.29, 1.82) is 0 Å². The lowest BCUT2D eigenvalue weighted by molar-refractivity contribution is 1.14. The summed E-state index contributed by atoms with van der Waals surface area (Å²) in [7, 11) is 0. The molecule has 0 bridgehead atoms. The average molecular weight is 231 g/mol. The molecule has 0 aliphatic heterocycles. The molecule has 2 heterocycles. The summed E-state index contributed by atoms with van der Waals surface area (Å²) in [5.74, 6) is 0.661. The molecule has 0 aliphatic rings. The number of rotatable bonds is 2. The minimum Gasteiger partial charge on any atom is -0.370 e. The van der Waals surface area contributed by atoms with Crippen LogP contribution in [-0.2, 0) is 0 Å². The maximum Gasteiger partial charge on any atom is 0.226 e. The fraction of sp³-hybridized carbons (Fsp3) is 0.250. The van der Waals surface area contributed by atoms with Crippen LogP contribution in [0, 0.1) is 0 Å². The maximum atomic E-state index is 5.97. The average Bonchev–Trinajstić information content (AvgIpc) is 2.48. The van der Waals surface area contributed by atoms with E-state index < -0.39 is 0 Å². The van der Waals surface area contributed by atoms with Gasteiger partial charge >= 0.3 is 0 Å². The minimum absolute atomic E-state index is 0.201. The van der Waals surface area contributed by atoms with Gasteiger partial charge in [-0.2, -0.15) is 9.97 Å². The van der Waals surface area contributed by atoms with Gasteiger partial charge < -0.3 is 10.3 Å². The van der Waals surface area contributed by atoms with Gasteiger partial charge in [-0.05, 0) is 18.5 Å². The van der Waals surface area contributed by atoms with Crippen LogP contribution in [0.2, 0.25) is 10.3 Å². The molecule has 0 radical (unpaired) electrons. The largest absolute Gasteiger partial charge is 0.370 e. The number of fused-ring (bicyclic) bond motifs is 1. The first kappa shape index (κ1) is 9.55. The van der Waals surface area contributed by atoms with Crippen molar-refractivity contribution in [2.24, 2.45) is 0 Å². The Hall–Kier alpha value is -1.00. The van der Waals surface area contributed by atoms with E-state index in [1.165, 1.54) is 0 Å². The first-order valence-corrected chi connectivity index (χ1v) is 4.92. The molecule has 2 aromatic rings. The van der Waals surface area contributed by atoms with Crippen LogP contribution in [-0.4, -0.2) is 21.5 Å². The van der Waals surface area contributed by atoms with Crippen molar-refractivity contribution in [3.05, 3.63) is 16.5 Å². The molecule has 2 aromatic heterocycles. The summed E-state index contributed by atoms with van der Waals surface area (Å²) in [5, 5.41) is 4.65.